The Morgan fingerprint density at radius 2 is 1.95 bits per heavy atom. The lowest BCUT2D eigenvalue weighted by Crippen LogP contribution is -2.33. The lowest BCUT2D eigenvalue weighted by molar-refractivity contribution is 0.313. The fourth-order valence-electron chi connectivity index (χ4n) is 3.32. The van der Waals surface area contributed by atoms with E-state index in [-0.39, 0.29) is 0 Å². The molecule has 1 aromatic rings. The molecule has 2 rings (SSSR count). The van der Waals surface area contributed by atoms with E-state index < -0.39 is 0 Å². The van der Waals surface area contributed by atoms with Crippen molar-refractivity contribution in [3.63, 3.8) is 0 Å². The highest BCUT2D eigenvalue weighted by atomic mass is 35.5. The molecule has 0 bridgehead atoms. The Morgan fingerprint density at radius 1 is 1.25 bits per heavy atom. The van der Waals surface area contributed by atoms with Gasteiger partial charge in [-0.3, -0.25) is 0 Å². The highest BCUT2D eigenvalue weighted by Gasteiger charge is 2.25. The summed E-state index contributed by atoms with van der Waals surface area (Å²) in [6, 6.07) is 7.06. The van der Waals surface area contributed by atoms with Gasteiger partial charge in [0.1, 0.15) is 0 Å². The molecule has 0 aliphatic heterocycles. The fourth-order valence-corrected chi connectivity index (χ4v) is 3.63. The molecule has 2 heteroatoms. The molecule has 1 aliphatic rings. The van der Waals surface area contributed by atoms with Crippen LogP contribution in [0.3, 0.4) is 0 Å². The molecule has 0 heterocycles. The Kier molecular flexibility index (Phi) is 5.92. The Morgan fingerprint density at radius 3 is 2.55 bits per heavy atom. The maximum Gasteiger partial charge on any atom is 0.0440 e. The van der Waals surface area contributed by atoms with Crippen molar-refractivity contribution >= 4 is 11.6 Å². The molecule has 1 N–H and O–H groups in total. The minimum absolute atomic E-state index is 0.562. The quantitative estimate of drug-likeness (QED) is 0.778. The zero-order valence-electron chi connectivity index (χ0n) is 13.1. The van der Waals surface area contributed by atoms with Crippen LogP contribution < -0.4 is 5.32 Å². The largest absolute Gasteiger partial charge is 0.314 e. The van der Waals surface area contributed by atoms with E-state index in [9.17, 15) is 0 Å². The predicted octanol–water partition coefficient (Wildman–Crippen LogP) is 5.00. The van der Waals surface area contributed by atoms with Crippen molar-refractivity contribution < 1.29 is 0 Å². The van der Waals surface area contributed by atoms with Crippen molar-refractivity contribution in [3.05, 3.63) is 34.3 Å². The van der Waals surface area contributed by atoms with Gasteiger partial charge < -0.3 is 5.32 Å². The number of halogens is 1. The second kappa shape index (κ2) is 7.47. The molecule has 1 nitrogen and oxygen atoms in total. The molecule has 0 amide bonds. The van der Waals surface area contributed by atoms with Crippen LogP contribution in [0.1, 0.15) is 50.7 Å². The number of hydrogen-bond acceptors (Lipinski definition) is 1. The highest BCUT2D eigenvalue weighted by Crippen LogP contribution is 2.34. The summed E-state index contributed by atoms with van der Waals surface area (Å²) in [4.78, 5) is 0. The number of rotatable bonds is 6. The molecule has 0 radical (unpaired) electrons. The van der Waals surface area contributed by atoms with Crippen molar-refractivity contribution in [3.8, 4) is 0 Å². The molecule has 1 unspecified atom stereocenters. The van der Waals surface area contributed by atoms with Gasteiger partial charge in [0.05, 0.1) is 0 Å². The third kappa shape index (κ3) is 4.49. The molecular formula is C18H28ClN. The van der Waals surface area contributed by atoms with Gasteiger partial charge in [-0.15, -0.1) is 0 Å². The van der Waals surface area contributed by atoms with Gasteiger partial charge in [0.2, 0.25) is 0 Å². The van der Waals surface area contributed by atoms with Crippen molar-refractivity contribution in [2.75, 3.05) is 6.54 Å². The average Bonchev–Trinajstić information content (AvgIpc) is 2.90. The third-order valence-electron chi connectivity index (χ3n) is 4.55. The monoisotopic (exact) mass is 293 g/mol. The van der Waals surface area contributed by atoms with Crippen LogP contribution in [-0.2, 0) is 6.42 Å². The predicted molar refractivity (Wildman–Crippen MR) is 88.5 cm³/mol. The lowest BCUT2D eigenvalue weighted by Gasteiger charge is -2.25. The molecule has 112 valence electrons. The van der Waals surface area contributed by atoms with E-state index in [1.807, 2.05) is 0 Å². The molecule has 0 spiro atoms. The topological polar surface area (TPSA) is 12.0 Å². The minimum Gasteiger partial charge on any atom is -0.314 e. The van der Waals surface area contributed by atoms with E-state index in [0.717, 1.165) is 29.8 Å². The van der Waals surface area contributed by atoms with Gasteiger partial charge in [-0.2, -0.15) is 0 Å². The van der Waals surface area contributed by atoms with Gasteiger partial charge in [-0.25, -0.2) is 0 Å². The summed E-state index contributed by atoms with van der Waals surface area (Å²) in [5.41, 5.74) is 2.57. The lowest BCUT2D eigenvalue weighted by atomic mass is 9.85. The van der Waals surface area contributed by atoms with Crippen LogP contribution in [0, 0.1) is 18.8 Å². The average molecular weight is 294 g/mol. The van der Waals surface area contributed by atoms with Gasteiger partial charge in [0, 0.05) is 11.1 Å². The maximum atomic E-state index is 6.42. The summed E-state index contributed by atoms with van der Waals surface area (Å²) in [6.45, 7) is 7.67. The summed E-state index contributed by atoms with van der Waals surface area (Å²) < 4.78 is 0. The molecule has 0 saturated heterocycles. The van der Waals surface area contributed by atoms with E-state index >= 15 is 0 Å². The van der Waals surface area contributed by atoms with Crippen LogP contribution in [0.5, 0.6) is 0 Å². The Balaban J connectivity index is 2.05. The van der Waals surface area contributed by atoms with E-state index in [1.54, 1.807) is 0 Å². The number of nitrogens with one attached hydrogen (secondary N) is 1. The van der Waals surface area contributed by atoms with Crippen molar-refractivity contribution in [1.82, 2.24) is 5.32 Å². The van der Waals surface area contributed by atoms with E-state index in [4.69, 9.17) is 11.6 Å². The summed E-state index contributed by atoms with van der Waals surface area (Å²) in [5, 5.41) is 4.57. The molecule has 20 heavy (non-hydrogen) atoms. The van der Waals surface area contributed by atoms with Crippen LogP contribution in [0.15, 0.2) is 18.2 Å². The second-order valence-corrected chi connectivity index (χ2v) is 7.07. The number of aryl methyl sites for hydroxylation is 1. The molecule has 1 aliphatic carbocycles. The summed E-state index contributed by atoms with van der Waals surface area (Å²) in [7, 11) is 0. The van der Waals surface area contributed by atoms with Crippen LogP contribution in [0.2, 0.25) is 5.02 Å². The highest BCUT2D eigenvalue weighted by molar-refractivity contribution is 6.31. The summed E-state index contributed by atoms with van der Waals surface area (Å²) >= 11 is 6.42. The van der Waals surface area contributed by atoms with Crippen LogP contribution >= 0.6 is 11.6 Å². The van der Waals surface area contributed by atoms with Gasteiger partial charge in [-0.1, -0.05) is 63.3 Å². The summed E-state index contributed by atoms with van der Waals surface area (Å²) in [6.07, 6.45) is 6.72. The Labute approximate surface area is 129 Å². The molecule has 1 aromatic carbocycles. The van der Waals surface area contributed by atoms with E-state index in [2.05, 4.69) is 44.3 Å². The van der Waals surface area contributed by atoms with Crippen molar-refractivity contribution in [2.45, 2.75) is 58.9 Å². The number of hydrogen-bond donors (Lipinski definition) is 1. The van der Waals surface area contributed by atoms with Crippen LogP contribution in [-0.4, -0.2) is 12.6 Å². The number of benzene rings is 1. The standard InChI is InChI=1S/C18H28ClN/c1-13(2)20-12-17(15-6-4-5-7-15)11-16-9-8-14(3)10-18(16)19/h8-10,13,15,17,20H,4-7,11-12H2,1-3H3. The first-order valence-electron chi connectivity index (χ1n) is 8.04. The molecule has 1 atom stereocenters. The minimum atomic E-state index is 0.562. The van der Waals surface area contributed by atoms with Gasteiger partial charge >= 0.3 is 0 Å². The first-order chi connectivity index (χ1) is 9.56. The van der Waals surface area contributed by atoms with Gasteiger partial charge in [0.15, 0.2) is 0 Å². The van der Waals surface area contributed by atoms with E-state index in [0.29, 0.717) is 6.04 Å². The van der Waals surface area contributed by atoms with Crippen LogP contribution in [0.4, 0.5) is 0 Å². The van der Waals surface area contributed by atoms with Gasteiger partial charge in [-0.05, 0) is 48.9 Å². The second-order valence-electron chi connectivity index (χ2n) is 6.67. The van der Waals surface area contributed by atoms with Gasteiger partial charge in [0.25, 0.3) is 0 Å². The molecular weight excluding hydrogens is 266 g/mol. The fraction of sp³-hybridized carbons (Fsp3) is 0.667. The normalized spacial score (nSPS) is 17.9. The van der Waals surface area contributed by atoms with Crippen LogP contribution in [0.25, 0.3) is 0 Å². The first-order valence-corrected chi connectivity index (χ1v) is 8.42. The zero-order valence-corrected chi connectivity index (χ0v) is 13.8. The van der Waals surface area contributed by atoms with Crippen molar-refractivity contribution in [2.24, 2.45) is 11.8 Å². The first kappa shape index (κ1) is 15.9. The Hall–Kier alpha value is -0.530. The molecule has 0 aromatic heterocycles. The van der Waals surface area contributed by atoms with Crippen molar-refractivity contribution in [1.29, 1.82) is 0 Å². The third-order valence-corrected chi connectivity index (χ3v) is 4.90. The smallest absolute Gasteiger partial charge is 0.0440 e. The Bertz CT molecular complexity index is 421. The SMILES string of the molecule is Cc1ccc(CC(CNC(C)C)C2CCCC2)c(Cl)c1. The summed E-state index contributed by atoms with van der Waals surface area (Å²) in [5.74, 6) is 1.60. The zero-order chi connectivity index (χ0) is 14.5. The molecule has 1 saturated carbocycles. The molecule has 1 fully saturated rings. The van der Waals surface area contributed by atoms with E-state index in [1.165, 1.54) is 36.8 Å². The maximum absolute atomic E-state index is 6.42.